The lowest BCUT2D eigenvalue weighted by atomic mass is 9.98. The molecule has 1 atom stereocenters. The number of rotatable bonds is 5. The molecular formula is C22H23ClN4O4S. The number of carbonyl (C=O) groups excluding carboxylic acids is 1. The lowest BCUT2D eigenvalue weighted by Crippen LogP contribution is -2.43. The van der Waals surface area contributed by atoms with Crippen molar-refractivity contribution in [1.29, 1.82) is 0 Å². The van der Waals surface area contributed by atoms with Crippen LogP contribution in [-0.2, 0) is 14.8 Å². The fourth-order valence-corrected chi connectivity index (χ4v) is 5.76. The van der Waals surface area contributed by atoms with Crippen molar-refractivity contribution in [2.45, 2.75) is 31.6 Å². The molecule has 1 aromatic heterocycles. The average molecular weight is 475 g/mol. The maximum atomic E-state index is 13.4. The van der Waals surface area contributed by atoms with Crippen molar-refractivity contribution < 1.29 is 17.7 Å². The van der Waals surface area contributed by atoms with Crippen LogP contribution in [0.1, 0.15) is 24.3 Å². The Balaban J connectivity index is 1.55. The smallest absolute Gasteiger partial charge is 0.244 e. The lowest BCUT2D eigenvalue weighted by Gasteiger charge is -2.31. The molecule has 3 aromatic rings. The van der Waals surface area contributed by atoms with Gasteiger partial charge in [0.2, 0.25) is 27.6 Å². The number of amides is 1. The van der Waals surface area contributed by atoms with Crippen molar-refractivity contribution in [3.63, 3.8) is 0 Å². The third kappa shape index (κ3) is 4.69. The van der Waals surface area contributed by atoms with Gasteiger partial charge in [0, 0.05) is 31.3 Å². The number of nitrogens with zero attached hydrogens (tertiary/aromatic N) is 3. The summed E-state index contributed by atoms with van der Waals surface area (Å²) in [6.07, 6.45) is 1.19. The van der Waals surface area contributed by atoms with Crippen molar-refractivity contribution in [1.82, 2.24) is 14.4 Å². The summed E-state index contributed by atoms with van der Waals surface area (Å²) >= 11 is 6.26. The monoisotopic (exact) mass is 474 g/mol. The Morgan fingerprint density at radius 3 is 2.75 bits per heavy atom. The summed E-state index contributed by atoms with van der Waals surface area (Å²) in [5, 5.41) is 6.83. The van der Waals surface area contributed by atoms with Crippen LogP contribution in [0.25, 0.3) is 11.4 Å². The van der Waals surface area contributed by atoms with Crippen LogP contribution in [0, 0.1) is 19.8 Å². The first-order chi connectivity index (χ1) is 15.2. The topological polar surface area (TPSA) is 105 Å². The van der Waals surface area contributed by atoms with E-state index in [1.165, 1.54) is 16.4 Å². The molecule has 0 saturated carbocycles. The molecule has 1 aliphatic rings. The van der Waals surface area contributed by atoms with Crippen LogP contribution < -0.4 is 5.32 Å². The zero-order valence-corrected chi connectivity index (χ0v) is 19.3. The molecule has 1 N–H and O–H groups in total. The number of nitrogens with one attached hydrogen (secondary N) is 1. The van der Waals surface area contributed by atoms with Gasteiger partial charge in [-0.1, -0.05) is 28.9 Å². The van der Waals surface area contributed by atoms with Gasteiger partial charge in [-0.25, -0.2) is 8.42 Å². The summed E-state index contributed by atoms with van der Waals surface area (Å²) < 4.78 is 33.1. The highest BCUT2D eigenvalue weighted by Gasteiger charge is 2.34. The summed E-state index contributed by atoms with van der Waals surface area (Å²) in [5.41, 5.74) is 2.21. The van der Waals surface area contributed by atoms with Crippen LogP contribution in [0.2, 0.25) is 5.02 Å². The van der Waals surface area contributed by atoms with E-state index in [0.29, 0.717) is 36.5 Å². The van der Waals surface area contributed by atoms with Gasteiger partial charge in [0.15, 0.2) is 0 Å². The molecule has 1 fully saturated rings. The minimum Gasteiger partial charge on any atom is -0.339 e. The van der Waals surface area contributed by atoms with E-state index in [0.717, 1.165) is 5.56 Å². The van der Waals surface area contributed by atoms with Crippen LogP contribution >= 0.6 is 11.6 Å². The lowest BCUT2D eigenvalue weighted by molar-refractivity contribution is -0.120. The standard InChI is InChI=1S/C22H23ClN4O4S/c1-14-5-3-7-18(11-14)25-22(28)17-6-4-10-27(13-17)32(29,30)20-12-16(8-9-19(20)23)21-24-15(2)31-26-21/h3,5,7-9,11-12,17H,4,6,10,13H2,1-2H3,(H,25,28)/t17-/m0/s1. The number of sulfonamides is 1. The van der Waals surface area contributed by atoms with Gasteiger partial charge in [0.05, 0.1) is 10.9 Å². The Morgan fingerprint density at radius 1 is 1.22 bits per heavy atom. The first-order valence-corrected chi connectivity index (χ1v) is 12.0. The number of anilines is 1. The number of piperidine rings is 1. The quantitative estimate of drug-likeness (QED) is 0.598. The number of hydrogen-bond acceptors (Lipinski definition) is 6. The predicted molar refractivity (Wildman–Crippen MR) is 121 cm³/mol. The summed E-state index contributed by atoms with van der Waals surface area (Å²) in [7, 11) is -3.93. The van der Waals surface area contributed by atoms with Crippen molar-refractivity contribution in [3.8, 4) is 11.4 Å². The fourth-order valence-electron chi connectivity index (χ4n) is 3.74. The molecule has 2 aromatic carbocycles. The summed E-state index contributed by atoms with van der Waals surface area (Å²) in [6.45, 7) is 4.00. The molecule has 0 radical (unpaired) electrons. The van der Waals surface area contributed by atoms with E-state index in [9.17, 15) is 13.2 Å². The summed E-state index contributed by atoms with van der Waals surface area (Å²) in [4.78, 5) is 16.9. The van der Waals surface area contributed by atoms with E-state index in [2.05, 4.69) is 15.5 Å². The number of benzene rings is 2. The van der Waals surface area contributed by atoms with Gasteiger partial charge in [-0.05, 0) is 55.7 Å². The Bertz CT molecular complexity index is 1260. The SMILES string of the molecule is Cc1cccc(NC(=O)[C@H]2CCCN(S(=O)(=O)c3cc(-c4noc(C)n4)ccc3Cl)C2)c1. The maximum absolute atomic E-state index is 13.4. The summed E-state index contributed by atoms with van der Waals surface area (Å²) in [5.74, 6) is 0.000920. The minimum absolute atomic E-state index is 0.0427. The van der Waals surface area contributed by atoms with Gasteiger partial charge in [-0.3, -0.25) is 4.79 Å². The number of hydrogen-bond donors (Lipinski definition) is 1. The third-order valence-corrected chi connectivity index (χ3v) is 7.72. The first-order valence-electron chi connectivity index (χ1n) is 10.2. The van der Waals surface area contributed by atoms with Crippen molar-refractivity contribution in [2.24, 2.45) is 5.92 Å². The molecule has 1 aliphatic heterocycles. The maximum Gasteiger partial charge on any atom is 0.244 e. The molecule has 32 heavy (non-hydrogen) atoms. The number of aromatic nitrogens is 2. The molecule has 1 saturated heterocycles. The molecule has 1 amide bonds. The first kappa shape index (κ1) is 22.4. The minimum atomic E-state index is -3.93. The molecule has 0 spiro atoms. The molecular weight excluding hydrogens is 452 g/mol. The van der Waals surface area contributed by atoms with E-state index in [1.54, 1.807) is 13.0 Å². The van der Waals surface area contributed by atoms with E-state index in [4.69, 9.17) is 16.1 Å². The number of aryl methyl sites for hydroxylation is 2. The molecule has 168 valence electrons. The Kier molecular flexibility index (Phi) is 6.32. The molecule has 4 rings (SSSR count). The zero-order chi connectivity index (χ0) is 22.9. The van der Waals surface area contributed by atoms with Crippen LogP contribution in [0.4, 0.5) is 5.69 Å². The van der Waals surface area contributed by atoms with Crippen LogP contribution in [0.5, 0.6) is 0 Å². The second-order valence-corrected chi connectivity index (χ2v) is 10.2. The van der Waals surface area contributed by atoms with E-state index in [-0.39, 0.29) is 28.2 Å². The highest BCUT2D eigenvalue weighted by Crippen LogP contribution is 2.31. The largest absolute Gasteiger partial charge is 0.339 e. The van der Waals surface area contributed by atoms with E-state index in [1.807, 2.05) is 31.2 Å². The van der Waals surface area contributed by atoms with Gasteiger partial charge in [0.1, 0.15) is 4.90 Å². The predicted octanol–water partition coefficient (Wildman–Crippen LogP) is 4.05. The molecule has 0 unspecified atom stereocenters. The molecule has 8 nitrogen and oxygen atoms in total. The van der Waals surface area contributed by atoms with Gasteiger partial charge >= 0.3 is 0 Å². The van der Waals surface area contributed by atoms with Gasteiger partial charge in [-0.2, -0.15) is 9.29 Å². The zero-order valence-electron chi connectivity index (χ0n) is 17.7. The Labute approximate surface area is 191 Å². The molecule has 10 heteroatoms. The van der Waals surface area contributed by atoms with Gasteiger partial charge in [-0.15, -0.1) is 0 Å². The van der Waals surface area contributed by atoms with Crippen molar-refractivity contribution in [2.75, 3.05) is 18.4 Å². The van der Waals surface area contributed by atoms with Crippen molar-refractivity contribution in [3.05, 3.63) is 58.9 Å². The number of halogens is 1. The second-order valence-electron chi connectivity index (χ2n) is 7.84. The van der Waals surface area contributed by atoms with Gasteiger partial charge in [0.25, 0.3) is 0 Å². The van der Waals surface area contributed by atoms with Crippen LogP contribution in [0.3, 0.4) is 0 Å². The second kappa shape index (κ2) is 9.01. The molecule has 0 aliphatic carbocycles. The van der Waals surface area contributed by atoms with Crippen LogP contribution in [-0.4, -0.2) is 41.9 Å². The highest BCUT2D eigenvalue weighted by molar-refractivity contribution is 7.89. The van der Waals surface area contributed by atoms with E-state index >= 15 is 0 Å². The summed E-state index contributed by atoms with van der Waals surface area (Å²) in [6, 6.07) is 12.1. The van der Waals surface area contributed by atoms with Gasteiger partial charge < -0.3 is 9.84 Å². The van der Waals surface area contributed by atoms with Crippen LogP contribution in [0.15, 0.2) is 51.9 Å². The average Bonchev–Trinajstić information content (AvgIpc) is 3.20. The van der Waals surface area contributed by atoms with E-state index < -0.39 is 15.9 Å². The highest BCUT2D eigenvalue weighted by atomic mass is 35.5. The Hall–Kier alpha value is -2.75. The Morgan fingerprint density at radius 2 is 2.03 bits per heavy atom. The number of carbonyl (C=O) groups is 1. The van der Waals surface area contributed by atoms with Crippen molar-refractivity contribution >= 4 is 33.2 Å². The molecule has 0 bridgehead atoms. The fraction of sp³-hybridized carbons (Fsp3) is 0.318. The molecule has 2 heterocycles. The third-order valence-electron chi connectivity index (χ3n) is 5.38. The normalized spacial score (nSPS) is 17.3.